The number of aromatic amines is 1. The van der Waals surface area contributed by atoms with Crippen LogP contribution in [-0.4, -0.2) is 29.0 Å². The van der Waals surface area contributed by atoms with Crippen molar-refractivity contribution in [3.05, 3.63) is 15.5 Å². The minimum atomic E-state index is -0.330. The lowest BCUT2D eigenvalue weighted by Crippen LogP contribution is -2.18. The standard InChI is InChI=1S/C10H12N4OS/c1-14(2)8-6-7(12-10(15)13-8)11-9(16-6)5-3-4-5/h5H,3-4H2,1-2H3,(H,12,13,15). The molecule has 0 spiro atoms. The fraction of sp³-hybridized carbons (Fsp3) is 0.500. The largest absolute Gasteiger partial charge is 0.361 e. The smallest absolute Gasteiger partial charge is 0.348 e. The number of anilines is 1. The van der Waals surface area contributed by atoms with E-state index in [4.69, 9.17) is 0 Å². The van der Waals surface area contributed by atoms with Gasteiger partial charge in [0.2, 0.25) is 0 Å². The number of H-pyrrole nitrogens is 1. The van der Waals surface area contributed by atoms with Crippen molar-refractivity contribution >= 4 is 27.5 Å². The SMILES string of the molecule is CN(C)c1nc(=O)[nH]c2nc(C3CC3)sc12. The third kappa shape index (κ3) is 1.49. The second-order valence-electron chi connectivity index (χ2n) is 4.26. The van der Waals surface area contributed by atoms with Crippen LogP contribution in [-0.2, 0) is 0 Å². The third-order valence-corrected chi connectivity index (χ3v) is 3.84. The zero-order chi connectivity index (χ0) is 11.3. The number of nitrogens with one attached hydrogen (secondary N) is 1. The molecule has 0 radical (unpaired) electrons. The van der Waals surface area contributed by atoms with Crippen LogP contribution in [0.2, 0.25) is 0 Å². The van der Waals surface area contributed by atoms with Gasteiger partial charge in [-0.05, 0) is 12.8 Å². The van der Waals surface area contributed by atoms with Gasteiger partial charge in [-0.3, -0.25) is 4.98 Å². The Morgan fingerprint density at radius 2 is 2.12 bits per heavy atom. The second kappa shape index (κ2) is 3.28. The van der Waals surface area contributed by atoms with Gasteiger partial charge >= 0.3 is 5.69 Å². The lowest BCUT2D eigenvalue weighted by Gasteiger charge is -2.09. The van der Waals surface area contributed by atoms with Crippen LogP contribution in [0.4, 0.5) is 5.82 Å². The molecule has 1 aliphatic rings. The number of aromatic nitrogens is 3. The summed E-state index contributed by atoms with van der Waals surface area (Å²) in [5.74, 6) is 1.32. The third-order valence-electron chi connectivity index (χ3n) is 2.63. The summed E-state index contributed by atoms with van der Waals surface area (Å²) in [5.41, 5.74) is 0.347. The van der Waals surface area contributed by atoms with Crippen molar-refractivity contribution in [2.24, 2.45) is 0 Å². The van der Waals surface area contributed by atoms with Crippen molar-refractivity contribution in [1.29, 1.82) is 0 Å². The Morgan fingerprint density at radius 3 is 2.75 bits per heavy atom. The topological polar surface area (TPSA) is 61.9 Å². The highest BCUT2D eigenvalue weighted by Gasteiger charge is 2.28. The van der Waals surface area contributed by atoms with Crippen molar-refractivity contribution in [2.75, 3.05) is 19.0 Å². The van der Waals surface area contributed by atoms with Gasteiger partial charge in [0.25, 0.3) is 0 Å². The quantitative estimate of drug-likeness (QED) is 0.854. The van der Waals surface area contributed by atoms with Crippen LogP contribution in [0.3, 0.4) is 0 Å². The summed E-state index contributed by atoms with van der Waals surface area (Å²) in [6, 6.07) is 0. The molecule has 6 heteroatoms. The van der Waals surface area contributed by atoms with Gasteiger partial charge in [0.15, 0.2) is 11.5 Å². The highest BCUT2D eigenvalue weighted by atomic mass is 32.1. The van der Waals surface area contributed by atoms with Crippen molar-refractivity contribution in [3.8, 4) is 0 Å². The van der Waals surface area contributed by atoms with Crippen LogP contribution >= 0.6 is 11.3 Å². The molecule has 0 unspecified atom stereocenters. The zero-order valence-electron chi connectivity index (χ0n) is 9.15. The molecule has 0 saturated heterocycles. The molecule has 2 aromatic rings. The predicted octanol–water partition coefficient (Wildman–Crippen LogP) is 1.32. The highest BCUT2D eigenvalue weighted by molar-refractivity contribution is 7.19. The minimum absolute atomic E-state index is 0.330. The molecule has 1 aliphatic carbocycles. The fourth-order valence-electron chi connectivity index (χ4n) is 1.66. The minimum Gasteiger partial charge on any atom is -0.361 e. The number of rotatable bonds is 2. The summed E-state index contributed by atoms with van der Waals surface area (Å²) < 4.78 is 0.978. The summed E-state index contributed by atoms with van der Waals surface area (Å²) in [7, 11) is 3.77. The van der Waals surface area contributed by atoms with E-state index in [-0.39, 0.29) is 5.69 Å². The summed E-state index contributed by atoms with van der Waals surface area (Å²) in [5, 5.41) is 1.13. The van der Waals surface area contributed by atoms with E-state index in [1.165, 1.54) is 12.8 Å². The summed E-state index contributed by atoms with van der Waals surface area (Å²) in [6.07, 6.45) is 2.43. The molecule has 5 nitrogen and oxygen atoms in total. The lowest BCUT2D eigenvalue weighted by molar-refractivity contribution is 1.02. The fourth-order valence-corrected chi connectivity index (χ4v) is 2.92. The molecule has 0 atom stereocenters. The second-order valence-corrected chi connectivity index (χ2v) is 5.29. The molecular formula is C10H12N4OS. The Balaban J connectivity index is 2.27. The Bertz CT molecular complexity index is 596. The number of thiazole rings is 1. The first-order valence-corrected chi connectivity index (χ1v) is 6.05. The van der Waals surface area contributed by atoms with E-state index in [1.54, 1.807) is 11.3 Å². The first kappa shape index (κ1) is 9.77. The van der Waals surface area contributed by atoms with Crippen LogP contribution in [0.25, 0.3) is 10.3 Å². The molecule has 0 bridgehead atoms. The van der Waals surface area contributed by atoms with Gasteiger partial charge < -0.3 is 4.90 Å². The van der Waals surface area contributed by atoms with Gasteiger partial charge in [0.1, 0.15) is 4.70 Å². The van der Waals surface area contributed by atoms with Crippen LogP contribution in [0.1, 0.15) is 23.8 Å². The maximum Gasteiger partial charge on any atom is 0.348 e. The number of fused-ring (bicyclic) bond motifs is 1. The van der Waals surface area contributed by atoms with Gasteiger partial charge in [-0.1, -0.05) is 0 Å². The highest BCUT2D eigenvalue weighted by Crippen LogP contribution is 2.43. The van der Waals surface area contributed by atoms with Gasteiger partial charge in [-0.15, -0.1) is 11.3 Å². The molecular weight excluding hydrogens is 224 g/mol. The molecule has 1 saturated carbocycles. The van der Waals surface area contributed by atoms with E-state index in [0.29, 0.717) is 17.4 Å². The Labute approximate surface area is 96.2 Å². The van der Waals surface area contributed by atoms with Crippen molar-refractivity contribution in [3.63, 3.8) is 0 Å². The molecule has 0 amide bonds. The average molecular weight is 236 g/mol. The van der Waals surface area contributed by atoms with Crippen molar-refractivity contribution < 1.29 is 0 Å². The van der Waals surface area contributed by atoms with E-state index in [2.05, 4.69) is 15.0 Å². The van der Waals surface area contributed by atoms with E-state index in [0.717, 1.165) is 9.71 Å². The first-order valence-electron chi connectivity index (χ1n) is 5.23. The molecule has 3 rings (SSSR count). The van der Waals surface area contributed by atoms with E-state index < -0.39 is 0 Å². The molecule has 1 N–H and O–H groups in total. The van der Waals surface area contributed by atoms with Crippen molar-refractivity contribution in [2.45, 2.75) is 18.8 Å². The first-order chi connectivity index (χ1) is 7.65. The molecule has 0 aromatic carbocycles. The number of hydrogen-bond acceptors (Lipinski definition) is 5. The van der Waals surface area contributed by atoms with E-state index in [9.17, 15) is 4.79 Å². The predicted molar refractivity (Wildman–Crippen MR) is 64.3 cm³/mol. The van der Waals surface area contributed by atoms with E-state index in [1.807, 2.05) is 19.0 Å². The molecule has 84 valence electrons. The van der Waals surface area contributed by atoms with Crippen LogP contribution < -0.4 is 10.6 Å². The van der Waals surface area contributed by atoms with Gasteiger partial charge in [-0.2, -0.15) is 4.98 Å². The summed E-state index contributed by atoms with van der Waals surface area (Å²) >= 11 is 1.65. The van der Waals surface area contributed by atoms with Crippen molar-refractivity contribution in [1.82, 2.24) is 15.0 Å². The maximum absolute atomic E-state index is 11.4. The average Bonchev–Trinajstić information content (AvgIpc) is 2.98. The Hall–Kier alpha value is -1.43. The van der Waals surface area contributed by atoms with Crippen LogP contribution in [0.15, 0.2) is 4.79 Å². The number of hydrogen-bond donors (Lipinski definition) is 1. The normalized spacial score (nSPS) is 15.6. The molecule has 2 heterocycles. The van der Waals surface area contributed by atoms with Crippen LogP contribution in [0, 0.1) is 0 Å². The molecule has 2 aromatic heterocycles. The Kier molecular flexibility index (Phi) is 2.00. The molecule has 0 aliphatic heterocycles. The maximum atomic E-state index is 11.4. The molecule has 16 heavy (non-hydrogen) atoms. The summed E-state index contributed by atoms with van der Waals surface area (Å²) in [4.78, 5) is 24.4. The van der Waals surface area contributed by atoms with Gasteiger partial charge in [0, 0.05) is 20.0 Å². The Morgan fingerprint density at radius 1 is 1.38 bits per heavy atom. The lowest BCUT2D eigenvalue weighted by atomic mass is 10.4. The van der Waals surface area contributed by atoms with Crippen LogP contribution in [0.5, 0.6) is 0 Å². The summed E-state index contributed by atoms with van der Waals surface area (Å²) in [6.45, 7) is 0. The zero-order valence-corrected chi connectivity index (χ0v) is 9.97. The molecule has 1 fully saturated rings. The van der Waals surface area contributed by atoms with Gasteiger partial charge in [-0.25, -0.2) is 9.78 Å². The van der Waals surface area contributed by atoms with Gasteiger partial charge in [0.05, 0.1) is 5.01 Å². The van der Waals surface area contributed by atoms with E-state index >= 15 is 0 Å². The monoisotopic (exact) mass is 236 g/mol. The number of nitrogens with zero attached hydrogens (tertiary/aromatic N) is 3.